The predicted octanol–water partition coefficient (Wildman–Crippen LogP) is 4.05. The third kappa shape index (κ3) is 4.63. The molecule has 6 heterocycles. The third-order valence-electron chi connectivity index (χ3n) is 6.69. The highest BCUT2D eigenvalue weighted by molar-refractivity contribution is 5.99. The summed E-state index contributed by atoms with van der Waals surface area (Å²) >= 11 is 0. The lowest BCUT2D eigenvalue weighted by Gasteiger charge is -2.29. The molecule has 10 heteroatoms. The molecule has 10 nitrogen and oxygen atoms in total. The Bertz CT molecular complexity index is 1580. The fourth-order valence-corrected chi connectivity index (χ4v) is 4.97. The van der Waals surface area contributed by atoms with Crippen molar-refractivity contribution in [3.05, 3.63) is 49.1 Å². The number of fused-ring (bicyclic) bond motifs is 2. The normalized spacial score (nSPS) is 14.1. The second kappa shape index (κ2) is 9.62. The maximum Gasteiger partial charge on any atom is 0.238 e. The van der Waals surface area contributed by atoms with Crippen molar-refractivity contribution in [1.29, 1.82) is 0 Å². The van der Waals surface area contributed by atoms with Gasteiger partial charge in [0, 0.05) is 59.3 Å². The molecule has 0 aliphatic carbocycles. The van der Waals surface area contributed by atoms with Crippen LogP contribution in [0.15, 0.2) is 49.1 Å². The van der Waals surface area contributed by atoms with E-state index in [2.05, 4.69) is 52.5 Å². The molecule has 0 bridgehead atoms. The van der Waals surface area contributed by atoms with Crippen LogP contribution in [0.5, 0.6) is 0 Å². The summed E-state index contributed by atoms with van der Waals surface area (Å²) in [5.41, 5.74) is 6.82. The average Bonchev–Trinajstić information content (AvgIpc) is 3.52. The van der Waals surface area contributed by atoms with Gasteiger partial charge < -0.3 is 20.1 Å². The van der Waals surface area contributed by atoms with E-state index in [0.29, 0.717) is 17.9 Å². The number of aromatic nitrogens is 6. The monoisotopic (exact) mass is 495 g/mol. The highest BCUT2D eigenvalue weighted by atomic mass is 16.2. The topological polar surface area (TPSA) is 119 Å². The van der Waals surface area contributed by atoms with Crippen LogP contribution >= 0.6 is 0 Å². The number of aromatic amines is 2. The maximum absolute atomic E-state index is 12.2. The molecule has 1 saturated heterocycles. The largest absolute Gasteiger partial charge is 0.371 e. The Morgan fingerprint density at radius 1 is 1.00 bits per heavy atom. The first kappa shape index (κ1) is 23.1. The summed E-state index contributed by atoms with van der Waals surface area (Å²) in [7, 11) is 3.71. The molecule has 0 radical (unpaired) electrons. The highest BCUT2D eigenvalue weighted by Crippen LogP contribution is 2.34. The minimum Gasteiger partial charge on any atom is -0.371 e. The van der Waals surface area contributed by atoms with Crippen molar-refractivity contribution in [2.75, 3.05) is 43.9 Å². The van der Waals surface area contributed by atoms with Gasteiger partial charge in [0.15, 0.2) is 5.65 Å². The van der Waals surface area contributed by atoms with Crippen molar-refractivity contribution in [3.63, 3.8) is 0 Å². The Morgan fingerprint density at radius 2 is 1.84 bits per heavy atom. The number of likely N-dealkylation sites (N-methyl/N-ethyl adjacent to an activating group) is 1. The van der Waals surface area contributed by atoms with E-state index in [1.54, 1.807) is 18.6 Å². The number of carbonyl (C=O) groups excluding carboxylic acids is 1. The van der Waals surface area contributed by atoms with Gasteiger partial charge in [-0.05, 0) is 57.6 Å². The fraction of sp³-hybridized carbons (Fsp3) is 0.296. The van der Waals surface area contributed by atoms with Crippen LogP contribution in [0.1, 0.15) is 19.3 Å². The smallest absolute Gasteiger partial charge is 0.238 e. The Hall–Kier alpha value is -4.31. The zero-order chi connectivity index (χ0) is 25.4. The zero-order valence-corrected chi connectivity index (χ0v) is 21.0. The van der Waals surface area contributed by atoms with Crippen molar-refractivity contribution in [1.82, 2.24) is 35.0 Å². The molecule has 6 rings (SSSR count). The van der Waals surface area contributed by atoms with Crippen LogP contribution < -0.4 is 10.2 Å². The summed E-state index contributed by atoms with van der Waals surface area (Å²) in [6, 6.07) is 8.19. The number of rotatable bonds is 6. The van der Waals surface area contributed by atoms with Crippen LogP contribution in [0.2, 0.25) is 0 Å². The third-order valence-corrected chi connectivity index (χ3v) is 6.69. The number of hydrogen-bond acceptors (Lipinski definition) is 7. The SMILES string of the molecule is CN(C)CC(=O)Nc1cncc(-c2cnc3[nH]nc(-c4cc5c(N6CCCCC6)ccnc5[nH]4)c3c2)c1. The number of pyridine rings is 3. The van der Waals surface area contributed by atoms with E-state index in [1.165, 1.54) is 24.9 Å². The van der Waals surface area contributed by atoms with Gasteiger partial charge in [-0.15, -0.1) is 0 Å². The van der Waals surface area contributed by atoms with E-state index in [4.69, 9.17) is 0 Å². The molecule has 1 fully saturated rings. The van der Waals surface area contributed by atoms with Crippen LogP contribution in [0.3, 0.4) is 0 Å². The molecule has 0 atom stereocenters. The van der Waals surface area contributed by atoms with E-state index in [-0.39, 0.29) is 5.91 Å². The van der Waals surface area contributed by atoms with Gasteiger partial charge in [0.05, 0.1) is 24.1 Å². The van der Waals surface area contributed by atoms with Crippen LogP contribution in [-0.2, 0) is 4.79 Å². The molecule has 1 amide bonds. The van der Waals surface area contributed by atoms with Crippen molar-refractivity contribution in [2.45, 2.75) is 19.3 Å². The van der Waals surface area contributed by atoms with E-state index >= 15 is 0 Å². The zero-order valence-electron chi connectivity index (χ0n) is 21.0. The molecule has 188 valence electrons. The lowest BCUT2D eigenvalue weighted by atomic mass is 10.1. The van der Waals surface area contributed by atoms with E-state index in [0.717, 1.165) is 52.0 Å². The first-order chi connectivity index (χ1) is 18.0. The van der Waals surface area contributed by atoms with Crippen molar-refractivity contribution in [3.8, 4) is 22.5 Å². The molecule has 37 heavy (non-hydrogen) atoms. The molecule has 0 aromatic carbocycles. The molecule has 5 aromatic heterocycles. The summed E-state index contributed by atoms with van der Waals surface area (Å²) < 4.78 is 0. The minimum absolute atomic E-state index is 0.0917. The first-order valence-electron chi connectivity index (χ1n) is 12.5. The minimum atomic E-state index is -0.0917. The number of H-pyrrole nitrogens is 2. The summed E-state index contributed by atoms with van der Waals surface area (Å²) in [5, 5.41) is 12.5. The number of amides is 1. The Kier molecular flexibility index (Phi) is 6.01. The van der Waals surface area contributed by atoms with Gasteiger partial charge in [-0.3, -0.25) is 14.9 Å². The molecule has 3 N–H and O–H groups in total. The first-order valence-corrected chi connectivity index (χ1v) is 12.5. The summed E-state index contributed by atoms with van der Waals surface area (Å²) in [4.78, 5) is 33.4. The average molecular weight is 496 g/mol. The van der Waals surface area contributed by atoms with Crippen molar-refractivity contribution >= 4 is 39.3 Å². The van der Waals surface area contributed by atoms with Crippen LogP contribution in [0.25, 0.3) is 44.6 Å². The molecule has 0 unspecified atom stereocenters. The molecular weight excluding hydrogens is 466 g/mol. The number of nitrogens with zero attached hydrogens (tertiary/aromatic N) is 6. The number of carbonyl (C=O) groups is 1. The van der Waals surface area contributed by atoms with E-state index in [9.17, 15) is 4.79 Å². The number of nitrogens with one attached hydrogen (secondary N) is 3. The molecular formula is C27H29N9O. The number of hydrogen-bond donors (Lipinski definition) is 3. The quantitative estimate of drug-likeness (QED) is 0.325. The van der Waals surface area contributed by atoms with Gasteiger partial charge >= 0.3 is 0 Å². The number of piperidine rings is 1. The fourth-order valence-electron chi connectivity index (χ4n) is 4.97. The summed E-state index contributed by atoms with van der Waals surface area (Å²) in [6.07, 6.45) is 10.8. The van der Waals surface area contributed by atoms with Gasteiger partial charge in [0.1, 0.15) is 11.3 Å². The molecule has 0 saturated carbocycles. The molecule has 0 spiro atoms. The standard InChI is InChI=1S/C27H29N9O/c1-35(2)16-24(37)31-19-10-17(13-28-15-19)18-11-21-25(33-34-27(21)30-14-18)22-12-20-23(6-7-29-26(20)32-22)36-8-4-3-5-9-36/h6-7,10-15H,3-5,8-9,16H2,1-2H3,(H,29,32)(H,31,37)(H,30,33,34). The number of anilines is 2. The predicted molar refractivity (Wildman–Crippen MR) is 145 cm³/mol. The van der Waals surface area contributed by atoms with Crippen LogP contribution in [0.4, 0.5) is 11.4 Å². The molecule has 1 aliphatic heterocycles. The Labute approximate surface area is 214 Å². The highest BCUT2D eigenvalue weighted by Gasteiger charge is 2.18. The lowest BCUT2D eigenvalue weighted by molar-refractivity contribution is -0.116. The van der Waals surface area contributed by atoms with Gasteiger partial charge in [0.25, 0.3) is 0 Å². The van der Waals surface area contributed by atoms with Crippen molar-refractivity contribution < 1.29 is 4.79 Å². The Morgan fingerprint density at radius 3 is 2.68 bits per heavy atom. The van der Waals surface area contributed by atoms with Gasteiger partial charge in [-0.25, -0.2) is 9.97 Å². The van der Waals surface area contributed by atoms with E-state index < -0.39 is 0 Å². The van der Waals surface area contributed by atoms with Crippen molar-refractivity contribution in [2.24, 2.45) is 0 Å². The van der Waals surface area contributed by atoms with Gasteiger partial charge in [-0.2, -0.15) is 5.10 Å². The van der Waals surface area contributed by atoms with Crippen LogP contribution in [0, 0.1) is 0 Å². The second-order valence-electron chi connectivity index (χ2n) is 9.76. The Balaban J connectivity index is 1.35. The lowest BCUT2D eigenvalue weighted by Crippen LogP contribution is -2.29. The maximum atomic E-state index is 12.2. The van der Waals surface area contributed by atoms with E-state index in [1.807, 2.05) is 37.3 Å². The van der Waals surface area contributed by atoms with Crippen LogP contribution in [-0.4, -0.2) is 74.7 Å². The summed E-state index contributed by atoms with van der Waals surface area (Å²) in [5.74, 6) is -0.0917. The molecule has 1 aliphatic rings. The summed E-state index contributed by atoms with van der Waals surface area (Å²) in [6.45, 7) is 2.44. The van der Waals surface area contributed by atoms with Gasteiger partial charge in [0.2, 0.25) is 5.91 Å². The van der Waals surface area contributed by atoms with Gasteiger partial charge in [-0.1, -0.05) is 0 Å². The molecule has 5 aromatic rings. The second-order valence-corrected chi connectivity index (χ2v) is 9.76.